The summed E-state index contributed by atoms with van der Waals surface area (Å²) >= 11 is 6.40. The molecule has 0 saturated carbocycles. The Balaban J connectivity index is 3.12. The molecule has 0 unspecified atom stereocenters. The Morgan fingerprint density at radius 3 is 2.59 bits per heavy atom. The molecule has 0 saturated heterocycles. The van der Waals surface area contributed by atoms with Crippen LogP contribution in [-0.2, 0) is 0 Å². The molecule has 8 heteroatoms. The summed E-state index contributed by atoms with van der Waals surface area (Å²) in [5.41, 5.74) is -0.705. The van der Waals surface area contributed by atoms with E-state index in [-0.39, 0.29) is 15.2 Å². The Morgan fingerprint density at radius 2 is 2.12 bits per heavy atom. The van der Waals surface area contributed by atoms with E-state index in [1.807, 2.05) is 0 Å². The van der Waals surface area contributed by atoms with Crippen LogP contribution in [0.1, 0.15) is 0 Å². The summed E-state index contributed by atoms with van der Waals surface area (Å²) in [6.45, 7) is 0. The Kier molecular flexibility index (Phi) is 4.30. The summed E-state index contributed by atoms with van der Waals surface area (Å²) < 4.78 is 13.1. The first-order valence-corrected chi connectivity index (χ1v) is 5.55. The van der Waals surface area contributed by atoms with E-state index in [0.29, 0.717) is 11.8 Å². The van der Waals surface area contributed by atoms with Crippen molar-refractivity contribution >= 4 is 34.3 Å². The largest absolute Gasteiger partial charge is 0.339 e. The Hall–Kier alpha value is -1.34. The zero-order valence-corrected chi connectivity index (χ0v) is 10.5. The summed E-state index contributed by atoms with van der Waals surface area (Å²) in [6, 6.07) is 1.77. The highest BCUT2D eigenvalue weighted by Crippen LogP contribution is 2.33. The third-order valence-electron chi connectivity index (χ3n) is 1.76. The molecule has 0 bridgehead atoms. The monoisotopic (exact) mass is 278 g/mol. The van der Waals surface area contributed by atoms with Crippen LogP contribution in [0, 0.1) is 15.9 Å². The average Bonchev–Trinajstić information content (AvgIpc) is 2.21. The molecule has 92 valence electrons. The fourth-order valence-electron chi connectivity index (χ4n) is 0.922. The molecule has 0 heterocycles. The van der Waals surface area contributed by atoms with Crippen LogP contribution in [0.2, 0.25) is 5.02 Å². The van der Waals surface area contributed by atoms with Gasteiger partial charge in [0.05, 0.1) is 9.95 Å². The van der Waals surface area contributed by atoms with Gasteiger partial charge in [0.15, 0.2) is 0 Å². The van der Waals surface area contributed by atoms with E-state index in [4.69, 9.17) is 11.6 Å². The molecule has 1 amide bonds. The molecular formula is C9H8ClFN2O3S. The van der Waals surface area contributed by atoms with Crippen molar-refractivity contribution in [1.82, 2.24) is 4.90 Å². The maximum Gasteiger partial charge on any atom is 0.306 e. The molecule has 1 aromatic carbocycles. The molecule has 0 N–H and O–H groups in total. The fraction of sp³-hybridized carbons (Fsp3) is 0.222. The van der Waals surface area contributed by atoms with E-state index in [1.54, 1.807) is 0 Å². The summed E-state index contributed by atoms with van der Waals surface area (Å²) in [4.78, 5) is 22.5. The Bertz CT molecular complexity index is 482. The summed E-state index contributed by atoms with van der Waals surface area (Å²) in [7, 11) is 3.06. The number of nitrogens with zero attached hydrogens (tertiary/aromatic N) is 2. The van der Waals surface area contributed by atoms with Crippen molar-refractivity contribution in [2.24, 2.45) is 0 Å². The van der Waals surface area contributed by atoms with Gasteiger partial charge in [-0.15, -0.1) is 0 Å². The van der Waals surface area contributed by atoms with Crippen LogP contribution in [0.15, 0.2) is 17.0 Å². The fourth-order valence-corrected chi connectivity index (χ4v) is 1.89. The minimum atomic E-state index is -1.03. The van der Waals surface area contributed by atoms with Gasteiger partial charge < -0.3 is 4.90 Å². The van der Waals surface area contributed by atoms with Crippen molar-refractivity contribution < 1.29 is 14.1 Å². The molecule has 0 radical (unpaired) electrons. The SMILES string of the molecule is CN(C)C(=O)Sc1cc([N+](=O)[O-])c(F)cc1Cl. The second-order valence-electron chi connectivity index (χ2n) is 3.25. The molecule has 1 aromatic rings. The predicted molar refractivity (Wildman–Crippen MR) is 63.0 cm³/mol. The number of carbonyl (C=O) groups excluding carboxylic acids is 1. The topological polar surface area (TPSA) is 63.5 Å². The molecule has 0 spiro atoms. The summed E-state index contributed by atoms with van der Waals surface area (Å²) in [5.74, 6) is -1.03. The molecular weight excluding hydrogens is 271 g/mol. The van der Waals surface area contributed by atoms with E-state index < -0.39 is 16.4 Å². The molecule has 5 nitrogen and oxygen atoms in total. The van der Waals surface area contributed by atoms with Gasteiger partial charge in [-0.05, 0) is 11.8 Å². The number of thioether (sulfide) groups is 1. The van der Waals surface area contributed by atoms with Gasteiger partial charge in [-0.2, -0.15) is 4.39 Å². The number of nitro benzene ring substituents is 1. The first kappa shape index (κ1) is 13.7. The lowest BCUT2D eigenvalue weighted by atomic mass is 10.3. The van der Waals surface area contributed by atoms with Crippen LogP contribution >= 0.6 is 23.4 Å². The van der Waals surface area contributed by atoms with Gasteiger partial charge in [-0.25, -0.2) is 0 Å². The Labute approximate surface area is 106 Å². The predicted octanol–water partition coefficient (Wildman–Crippen LogP) is 3.16. The molecule has 17 heavy (non-hydrogen) atoms. The lowest BCUT2D eigenvalue weighted by molar-refractivity contribution is -0.387. The summed E-state index contributed by atoms with van der Waals surface area (Å²) in [6.07, 6.45) is 0. The van der Waals surface area contributed by atoms with Crippen molar-refractivity contribution in [3.8, 4) is 0 Å². The lowest BCUT2D eigenvalue weighted by Gasteiger charge is -2.09. The number of nitro groups is 1. The second-order valence-corrected chi connectivity index (χ2v) is 4.65. The van der Waals surface area contributed by atoms with E-state index in [2.05, 4.69) is 0 Å². The van der Waals surface area contributed by atoms with Gasteiger partial charge >= 0.3 is 5.69 Å². The number of hydrogen-bond donors (Lipinski definition) is 0. The second kappa shape index (κ2) is 5.33. The lowest BCUT2D eigenvalue weighted by Crippen LogP contribution is -2.16. The van der Waals surface area contributed by atoms with Crippen LogP contribution in [0.5, 0.6) is 0 Å². The third kappa shape index (κ3) is 3.31. The van der Waals surface area contributed by atoms with Crippen molar-refractivity contribution in [2.75, 3.05) is 14.1 Å². The van der Waals surface area contributed by atoms with Crippen LogP contribution in [-0.4, -0.2) is 29.2 Å². The number of amides is 1. The van der Waals surface area contributed by atoms with Gasteiger partial charge in [0, 0.05) is 31.1 Å². The molecule has 0 aliphatic carbocycles. The third-order valence-corrected chi connectivity index (χ3v) is 3.28. The minimum absolute atomic E-state index is 0.0340. The smallest absolute Gasteiger partial charge is 0.306 e. The molecule has 0 atom stereocenters. The quantitative estimate of drug-likeness (QED) is 0.473. The van der Waals surface area contributed by atoms with Gasteiger partial charge in [-0.3, -0.25) is 14.9 Å². The van der Waals surface area contributed by atoms with Crippen LogP contribution < -0.4 is 0 Å². The highest BCUT2D eigenvalue weighted by molar-refractivity contribution is 8.13. The molecule has 0 aromatic heterocycles. The molecule has 0 fully saturated rings. The van der Waals surface area contributed by atoms with Gasteiger partial charge in [0.1, 0.15) is 0 Å². The van der Waals surface area contributed by atoms with E-state index in [9.17, 15) is 19.3 Å². The highest BCUT2D eigenvalue weighted by atomic mass is 35.5. The van der Waals surface area contributed by atoms with Crippen molar-refractivity contribution in [1.29, 1.82) is 0 Å². The average molecular weight is 279 g/mol. The number of halogens is 2. The van der Waals surface area contributed by atoms with Crippen molar-refractivity contribution in [3.63, 3.8) is 0 Å². The van der Waals surface area contributed by atoms with Crippen molar-refractivity contribution in [2.45, 2.75) is 4.90 Å². The maximum atomic E-state index is 13.1. The molecule has 1 rings (SSSR count). The minimum Gasteiger partial charge on any atom is -0.339 e. The van der Waals surface area contributed by atoms with E-state index >= 15 is 0 Å². The number of benzene rings is 1. The van der Waals surface area contributed by atoms with Gasteiger partial charge in [-0.1, -0.05) is 11.6 Å². The number of hydrogen-bond acceptors (Lipinski definition) is 4. The first-order chi connectivity index (χ1) is 7.82. The van der Waals surface area contributed by atoms with E-state index in [0.717, 1.165) is 12.1 Å². The zero-order chi connectivity index (χ0) is 13.2. The van der Waals surface area contributed by atoms with Gasteiger partial charge in [0.25, 0.3) is 5.24 Å². The molecule has 0 aliphatic rings. The van der Waals surface area contributed by atoms with Crippen LogP contribution in [0.25, 0.3) is 0 Å². The Morgan fingerprint density at radius 1 is 1.53 bits per heavy atom. The standard InChI is InChI=1S/C9H8ClFN2O3S/c1-12(2)9(14)17-8-4-7(13(15)16)6(11)3-5(8)10/h3-4H,1-2H3. The highest BCUT2D eigenvalue weighted by Gasteiger charge is 2.20. The van der Waals surface area contributed by atoms with Gasteiger partial charge in [0.2, 0.25) is 5.82 Å². The first-order valence-electron chi connectivity index (χ1n) is 4.35. The summed E-state index contributed by atoms with van der Waals surface area (Å²) in [5, 5.41) is 10.1. The van der Waals surface area contributed by atoms with Crippen LogP contribution in [0.3, 0.4) is 0 Å². The van der Waals surface area contributed by atoms with E-state index in [1.165, 1.54) is 19.0 Å². The normalized spacial score (nSPS) is 10.1. The number of rotatable bonds is 2. The van der Waals surface area contributed by atoms with Crippen LogP contribution in [0.4, 0.5) is 14.9 Å². The maximum absolute atomic E-state index is 13.1. The van der Waals surface area contributed by atoms with Crippen molar-refractivity contribution in [3.05, 3.63) is 33.1 Å². The zero-order valence-electron chi connectivity index (χ0n) is 8.94. The number of carbonyl (C=O) groups is 1. The molecule has 0 aliphatic heterocycles.